The molecule has 1 aliphatic heterocycles. The van der Waals surface area contributed by atoms with Gasteiger partial charge in [0.15, 0.2) is 5.82 Å². The van der Waals surface area contributed by atoms with Crippen LogP contribution < -0.4 is 10.2 Å². The molecule has 1 aliphatic rings. The molecule has 0 radical (unpaired) electrons. The maximum absolute atomic E-state index is 12.5. The summed E-state index contributed by atoms with van der Waals surface area (Å²) in [5, 5.41) is 2.94. The standard InChI is InChI=1S/C20H22N4O/c1-3-23(4-2)14-7-8-15-24-18-12-6-5-10-16(18)20(25)22-17-11-9-13-21-19(17)24/h5-6,9-13H,3-4,14-15H2,1-2H3,(H,22,25). The van der Waals surface area contributed by atoms with E-state index in [-0.39, 0.29) is 5.91 Å². The molecule has 1 aromatic heterocycles. The van der Waals surface area contributed by atoms with Gasteiger partial charge < -0.3 is 10.2 Å². The third kappa shape index (κ3) is 3.65. The molecule has 0 saturated heterocycles. The van der Waals surface area contributed by atoms with Crippen LogP contribution in [0.25, 0.3) is 0 Å². The van der Waals surface area contributed by atoms with E-state index in [4.69, 9.17) is 0 Å². The second-order valence-corrected chi connectivity index (χ2v) is 5.75. The lowest BCUT2D eigenvalue weighted by Crippen LogP contribution is -2.23. The molecule has 0 saturated carbocycles. The van der Waals surface area contributed by atoms with Gasteiger partial charge in [-0.15, -0.1) is 0 Å². The molecule has 25 heavy (non-hydrogen) atoms. The van der Waals surface area contributed by atoms with Crippen LogP contribution in [0.2, 0.25) is 0 Å². The molecule has 2 heterocycles. The van der Waals surface area contributed by atoms with E-state index in [1.165, 1.54) is 0 Å². The third-order valence-corrected chi connectivity index (χ3v) is 4.29. The van der Waals surface area contributed by atoms with E-state index in [1.807, 2.05) is 41.3 Å². The number of rotatable bonds is 4. The summed E-state index contributed by atoms with van der Waals surface area (Å²) in [6, 6.07) is 11.2. The number of carbonyl (C=O) groups excluding carboxylic acids is 1. The first-order valence-electron chi connectivity index (χ1n) is 8.55. The molecule has 128 valence electrons. The summed E-state index contributed by atoms with van der Waals surface area (Å²) in [6.45, 7) is 7.47. The van der Waals surface area contributed by atoms with E-state index >= 15 is 0 Å². The minimum absolute atomic E-state index is 0.122. The molecule has 5 nitrogen and oxygen atoms in total. The van der Waals surface area contributed by atoms with Gasteiger partial charge in [-0.2, -0.15) is 0 Å². The van der Waals surface area contributed by atoms with Crippen molar-refractivity contribution in [2.24, 2.45) is 0 Å². The summed E-state index contributed by atoms with van der Waals surface area (Å²) in [6.07, 6.45) is 1.73. The molecule has 5 heteroatoms. The Morgan fingerprint density at radius 2 is 1.92 bits per heavy atom. The highest BCUT2D eigenvalue weighted by atomic mass is 16.1. The summed E-state index contributed by atoms with van der Waals surface area (Å²) in [5.41, 5.74) is 2.16. The highest BCUT2D eigenvalue weighted by Crippen LogP contribution is 2.35. The van der Waals surface area contributed by atoms with Crippen LogP contribution in [0.1, 0.15) is 24.2 Å². The van der Waals surface area contributed by atoms with Gasteiger partial charge >= 0.3 is 0 Å². The second-order valence-electron chi connectivity index (χ2n) is 5.75. The largest absolute Gasteiger partial charge is 0.319 e. The Morgan fingerprint density at radius 3 is 2.72 bits per heavy atom. The first-order chi connectivity index (χ1) is 12.2. The number of amides is 1. The molecule has 0 aliphatic carbocycles. The van der Waals surface area contributed by atoms with Gasteiger partial charge in [0.1, 0.15) is 0 Å². The quantitative estimate of drug-likeness (QED) is 0.873. The topological polar surface area (TPSA) is 48.5 Å². The fourth-order valence-electron chi connectivity index (χ4n) is 2.82. The number of benzene rings is 1. The Bertz CT molecular complexity index is 818. The number of fused-ring (bicyclic) bond motifs is 2. The van der Waals surface area contributed by atoms with Crippen molar-refractivity contribution in [2.45, 2.75) is 13.8 Å². The van der Waals surface area contributed by atoms with Gasteiger partial charge in [-0.25, -0.2) is 4.98 Å². The van der Waals surface area contributed by atoms with E-state index in [9.17, 15) is 4.79 Å². The average molecular weight is 334 g/mol. The molecule has 1 amide bonds. The fourth-order valence-corrected chi connectivity index (χ4v) is 2.82. The lowest BCUT2D eigenvalue weighted by molar-refractivity contribution is 0.102. The maximum Gasteiger partial charge on any atom is 0.257 e. The number of anilines is 3. The Balaban J connectivity index is 1.93. The average Bonchev–Trinajstić information content (AvgIpc) is 2.77. The minimum Gasteiger partial charge on any atom is -0.319 e. The smallest absolute Gasteiger partial charge is 0.257 e. The van der Waals surface area contributed by atoms with Gasteiger partial charge in [0.05, 0.1) is 30.0 Å². The van der Waals surface area contributed by atoms with Crippen LogP contribution in [-0.4, -0.2) is 42.0 Å². The van der Waals surface area contributed by atoms with Crippen LogP contribution in [-0.2, 0) is 0 Å². The van der Waals surface area contributed by atoms with Gasteiger partial charge in [0.25, 0.3) is 5.91 Å². The van der Waals surface area contributed by atoms with E-state index in [2.05, 4.69) is 40.9 Å². The minimum atomic E-state index is -0.122. The SMILES string of the molecule is CCN(CC)CC#CCN1c2ccccc2C(=O)Nc2cccnc21. The maximum atomic E-state index is 12.5. The molecule has 0 atom stereocenters. The zero-order chi connectivity index (χ0) is 17.6. The monoisotopic (exact) mass is 334 g/mol. The molecule has 0 fully saturated rings. The van der Waals surface area contributed by atoms with Crippen LogP contribution in [0.15, 0.2) is 42.6 Å². The van der Waals surface area contributed by atoms with Crippen molar-refractivity contribution in [2.75, 3.05) is 36.4 Å². The van der Waals surface area contributed by atoms with Gasteiger partial charge in [-0.05, 0) is 37.4 Å². The molecular formula is C20H22N4O. The van der Waals surface area contributed by atoms with E-state index < -0.39 is 0 Å². The summed E-state index contributed by atoms with van der Waals surface area (Å²) in [7, 11) is 0. The highest BCUT2D eigenvalue weighted by Gasteiger charge is 2.24. The van der Waals surface area contributed by atoms with Crippen molar-refractivity contribution in [3.8, 4) is 11.8 Å². The number of nitrogens with one attached hydrogen (secondary N) is 1. The van der Waals surface area contributed by atoms with E-state index in [0.29, 0.717) is 17.8 Å². The Labute approximate surface area is 148 Å². The van der Waals surface area contributed by atoms with Crippen molar-refractivity contribution in [1.29, 1.82) is 0 Å². The van der Waals surface area contributed by atoms with Gasteiger partial charge in [0.2, 0.25) is 0 Å². The molecule has 0 bridgehead atoms. The molecule has 0 spiro atoms. The molecular weight excluding hydrogens is 312 g/mol. The lowest BCUT2D eigenvalue weighted by Gasteiger charge is -2.22. The number of para-hydroxylation sites is 1. The van der Waals surface area contributed by atoms with Crippen molar-refractivity contribution in [3.63, 3.8) is 0 Å². The summed E-state index contributed by atoms with van der Waals surface area (Å²) >= 11 is 0. The van der Waals surface area contributed by atoms with Crippen LogP contribution in [0.3, 0.4) is 0 Å². The van der Waals surface area contributed by atoms with Gasteiger partial charge in [-0.1, -0.05) is 37.8 Å². The molecule has 1 N–H and O–H groups in total. The zero-order valence-electron chi connectivity index (χ0n) is 14.6. The predicted octanol–water partition coefficient (Wildman–Crippen LogP) is 3.13. The molecule has 1 aromatic carbocycles. The number of hydrogen-bond acceptors (Lipinski definition) is 4. The van der Waals surface area contributed by atoms with Crippen LogP contribution in [0, 0.1) is 11.8 Å². The molecule has 2 aromatic rings. The van der Waals surface area contributed by atoms with Crippen LogP contribution >= 0.6 is 0 Å². The number of carbonyl (C=O) groups is 1. The third-order valence-electron chi connectivity index (χ3n) is 4.29. The summed E-state index contributed by atoms with van der Waals surface area (Å²) in [4.78, 5) is 21.2. The first-order valence-corrected chi connectivity index (χ1v) is 8.55. The van der Waals surface area contributed by atoms with Crippen molar-refractivity contribution in [3.05, 3.63) is 48.2 Å². The van der Waals surface area contributed by atoms with Crippen LogP contribution in [0.5, 0.6) is 0 Å². The van der Waals surface area contributed by atoms with Crippen molar-refractivity contribution < 1.29 is 4.79 Å². The Morgan fingerprint density at radius 1 is 1.12 bits per heavy atom. The normalized spacial score (nSPS) is 12.6. The molecule has 3 rings (SSSR count). The fraction of sp³-hybridized carbons (Fsp3) is 0.300. The van der Waals surface area contributed by atoms with Crippen molar-refractivity contribution in [1.82, 2.24) is 9.88 Å². The predicted molar refractivity (Wildman–Crippen MR) is 101 cm³/mol. The van der Waals surface area contributed by atoms with Crippen molar-refractivity contribution >= 4 is 23.1 Å². The zero-order valence-corrected chi connectivity index (χ0v) is 14.6. The summed E-state index contributed by atoms with van der Waals surface area (Å²) < 4.78 is 0. The second kappa shape index (κ2) is 7.82. The number of hydrogen-bond donors (Lipinski definition) is 1. The van der Waals surface area contributed by atoms with E-state index in [1.54, 1.807) is 6.20 Å². The van der Waals surface area contributed by atoms with Gasteiger partial charge in [-0.3, -0.25) is 9.69 Å². The number of nitrogens with zero attached hydrogens (tertiary/aromatic N) is 3. The summed E-state index contributed by atoms with van der Waals surface area (Å²) in [5.74, 6) is 7.06. The Hall–Kier alpha value is -2.84. The van der Waals surface area contributed by atoms with E-state index in [0.717, 1.165) is 31.1 Å². The number of pyridine rings is 1. The first kappa shape index (κ1) is 17.0. The van der Waals surface area contributed by atoms with Gasteiger partial charge in [0, 0.05) is 6.20 Å². The number of aromatic nitrogens is 1. The van der Waals surface area contributed by atoms with Crippen LogP contribution in [0.4, 0.5) is 17.2 Å². The Kier molecular flexibility index (Phi) is 5.32. The molecule has 0 unspecified atom stereocenters. The highest BCUT2D eigenvalue weighted by molar-refractivity contribution is 6.12. The lowest BCUT2D eigenvalue weighted by atomic mass is 10.1.